The summed E-state index contributed by atoms with van der Waals surface area (Å²) in [5, 5.41) is 5.93. The van der Waals surface area contributed by atoms with E-state index in [-0.39, 0.29) is 5.91 Å². The van der Waals surface area contributed by atoms with Crippen LogP contribution < -0.4 is 10.6 Å². The first kappa shape index (κ1) is 13.7. The third-order valence-corrected chi connectivity index (χ3v) is 3.01. The van der Waals surface area contributed by atoms with Crippen LogP contribution in [0.15, 0.2) is 6.07 Å². The van der Waals surface area contributed by atoms with Crippen molar-refractivity contribution in [3.05, 3.63) is 17.6 Å². The third kappa shape index (κ3) is 4.17. The Morgan fingerprint density at radius 1 is 1.47 bits per heavy atom. The number of carbonyl (C=O) groups excluding carboxylic acids is 1. The number of hydrogen-bond acceptors (Lipinski definition) is 5. The van der Waals surface area contributed by atoms with Crippen LogP contribution in [-0.4, -0.2) is 42.2 Å². The van der Waals surface area contributed by atoms with Crippen LogP contribution in [0.5, 0.6) is 0 Å². The van der Waals surface area contributed by atoms with Crippen LogP contribution in [0.4, 0.5) is 5.82 Å². The van der Waals surface area contributed by atoms with Crippen molar-refractivity contribution < 1.29 is 9.53 Å². The highest BCUT2D eigenvalue weighted by Crippen LogP contribution is 2.24. The van der Waals surface area contributed by atoms with E-state index in [4.69, 9.17) is 4.74 Å². The van der Waals surface area contributed by atoms with Crippen LogP contribution in [0.25, 0.3) is 0 Å². The fourth-order valence-corrected chi connectivity index (χ4v) is 2.09. The predicted molar refractivity (Wildman–Crippen MR) is 72.1 cm³/mol. The molecule has 1 amide bonds. The van der Waals surface area contributed by atoms with Crippen molar-refractivity contribution in [3.63, 3.8) is 0 Å². The Balaban J connectivity index is 1.94. The van der Waals surface area contributed by atoms with Crippen molar-refractivity contribution in [2.45, 2.75) is 26.2 Å². The maximum absolute atomic E-state index is 10.8. The number of aryl methyl sites for hydroxylation is 1. The molecule has 104 valence electrons. The molecule has 1 saturated heterocycles. The monoisotopic (exact) mass is 264 g/mol. The second kappa shape index (κ2) is 6.47. The minimum absolute atomic E-state index is 0.0236. The molecule has 19 heavy (non-hydrogen) atoms. The molecule has 1 aromatic rings. The van der Waals surface area contributed by atoms with E-state index in [1.165, 1.54) is 6.92 Å². The van der Waals surface area contributed by atoms with Crippen LogP contribution in [0.3, 0.4) is 0 Å². The number of nitrogens with one attached hydrogen (secondary N) is 2. The Hall–Kier alpha value is -1.69. The number of ether oxygens (including phenoxy) is 1. The van der Waals surface area contributed by atoms with Crippen molar-refractivity contribution in [1.82, 2.24) is 15.3 Å². The lowest BCUT2D eigenvalue weighted by atomic mass is 10.0. The lowest BCUT2D eigenvalue weighted by Crippen LogP contribution is -2.26. The zero-order valence-electron chi connectivity index (χ0n) is 11.4. The topological polar surface area (TPSA) is 76.1 Å². The summed E-state index contributed by atoms with van der Waals surface area (Å²) < 4.78 is 5.39. The number of amides is 1. The summed E-state index contributed by atoms with van der Waals surface area (Å²) in [6, 6.07) is 1.97. The van der Waals surface area contributed by atoms with Gasteiger partial charge in [0, 0.05) is 38.6 Å². The molecule has 6 heteroatoms. The highest BCUT2D eigenvalue weighted by Gasteiger charge is 2.20. The van der Waals surface area contributed by atoms with E-state index in [0.29, 0.717) is 19.0 Å². The van der Waals surface area contributed by atoms with E-state index >= 15 is 0 Å². The van der Waals surface area contributed by atoms with Crippen LogP contribution in [0.1, 0.15) is 30.8 Å². The lowest BCUT2D eigenvalue weighted by molar-refractivity contribution is -0.118. The molecule has 1 fully saturated rings. The lowest BCUT2D eigenvalue weighted by Gasteiger charge is -2.11. The molecule has 1 aliphatic rings. The minimum atomic E-state index is -0.0236. The van der Waals surface area contributed by atoms with Gasteiger partial charge in [0.2, 0.25) is 5.91 Å². The van der Waals surface area contributed by atoms with Gasteiger partial charge in [-0.05, 0) is 13.3 Å². The number of anilines is 1. The van der Waals surface area contributed by atoms with Crippen molar-refractivity contribution in [3.8, 4) is 0 Å². The zero-order valence-corrected chi connectivity index (χ0v) is 11.4. The van der Waals surface area contributed by atoms with Crippen LogP contribution in [0, 0.1) is 6.92 Å². The molecular weight excluding hydrogens is 244 g/mol. The van der Waals surface area contributed by atoms with Gasteiger partial charge in [0.1, 0.15) is 11.6 Å². The molecule has 2 rings (SSSR count). The van der Waals surface area contributed by atoms with Crippen molar-refractivity contribution in [1.29, 1.82) is 0 Å². The molecule has 0 bridgehead atoms. The largest absolute Gasteiger partial charge is 0.381 e. The normalized spacial score (nSPS) is 18.3. The van der Waals surface area contributed by atoms with Gasteiger partial charge in [-0.1, -0.05) is 0 Å². The summed E-state index contributed by atoms with van der Waals surface area (Å²) in [4.78, 5) is 19.6. The SMILES string of the molecule is CC(=O)NCCNc1cc(C2CCOC2)nc(C)n1. The third-order valence-electron chi connectivity index (χ3n) is 3.01. The van der Waals surface area contributed by atoms with Gasteiger partial charge >= 0.3 is 0 Å². The van der Waals surface area contributed by atoms with Crippen LogP contribution in [0.2, 0.25) is 0 Å². The maximum Gasteiger partial charge on any atom is 0.216 e. The first-order valence-electron chi connectivity index (χ1n) is 6.57. The van der Waals surface area contributed by atoms with Crippen LogP contribution >= 0.6 is 0 Å². The van der Waals surface area contributed by atoms with Crippen molar-refractivity contribution in [2.75, 3.05) is 31.6 Å². The maximum atomic E-state index is 10.8. The molecule has 1 atom stereocenters. The highest BCUT2D eigenvalue weighted by molar-refractivity contribution is 5.72. The molecule has 1 aliphatic heterocycles. The van der Waals surface area contributed by atoms with Crippen molar-refractivity contribution in [2.24, 2.45) is 0 Å². The minimum Gasteiger partial charge on any atom is -0.381 e. The average molecular weight is 264 g/mol. The standard InChI is InChI=1S/C13H20N4O2/c1-9-16-12(11-3-6-19-8-11)7-13(17-9)15-5-4-14-10(2)18/h7,11H,3-6,8H2,1-2H3,(H,14,18)(H,15,16,17). The molecule has 0 aliphatic carbocycles. The van der Waals surface area contributed by atoms with E-state index in [0.717, 1.165) is 37.0 Å². The molecule has 0 spiro atoms. The van der Waals surface area contributed by atoms with E-state index < -0.39 is 0 Å². The molecule has 0 saturated carbocycles. The fourth-order valence-electron chi connectivity index (χ4n) is 2.09. The molecule has 2 N–H and O–H groups in total. The number of aromatic nitrogens is 2. The van der Waals surface area contributed by atoms with Gasteiger partial charge in [-0.2, -0.15) is 0 Å². The molecule has 2 heterocycles. The molecule has 0 aromatic carbocycles. The summed E-state index contributed by atoms with van der Waals surface area (Å²) in [6.45, 7) is 6.17. The van der Waals surface area contributed by atoms with Gasteiger partial charge in [0.05, 0.1) is 12.3 Å². The Labute approximate surface area is 113 Å². The van der Waals surface area contributed by atoms with E-state index in [2.05, 4.69) is 20.6 Å². The van der Waals surface area contributed by atoms with Crippen LogP contribution in [-0.2, 0) is 9.53 Å². The zero-order chi connectivity index (χ0) is 13.7. The van der Waals surface area contributed by atoms with E-state index in [9.17, 15) is 4.79 Å². The second-order valence-electron chi connectivity index (χ2n) is 4.70. The van der Waals surface area contributed by atoms with Gasteiger partial charge < -0.3 is 15.4 Å². The Bertz CT molecular complexity index is 444. The predicted octanol–water partition coefficient (Wildman–Crippen LogP) is 0.837. The Morgan fingerprint density at radius 2 is 2.32 bits per heavy atom. The van der Waals surface area contributed by atoms with Gasteiger partial charge in [-0.15, -0.1) is 0 Å². The molecular formula is C13H20N4O2. The summed E-state index contributed by atoms with van der Waals surface area (Å²) in [7, 11) is 0. The number of hydrogen-bond donors (Lipinski definition) is 2. The first-order valence-corrected chi connectivity index (χ1v) is 6.57. The summed E-state index contributed by atoms with van der Waals surface area (Å²) in [5.41, 5.74) is 1.03. The quantitative estimate of drug-likeness (QED) is 0.771. The number of carbonyl (C=O) groups is 1. The van der Waals surface area contributed by atoms with E-state index in [1.807, 2.05) is 13.0 Å². The first-order chi connectivity index (χ1) is 9.15. The molecule has 6 nitrogen and oxygen atoms in total. The fraction of sp³-hybridized carbons (Fsp3) is 0.615. The van der Waals surface area contributed by atoms with Gasteiger partial charge in [0.15, 0.2) is 0 Å². The molecule has 0 radical (unpaired) electrons. The van der Waals surface area contributed by atoms with Gasteiger partial charge in [-0.3, -0.25) is 4.79 Å². The second-order valence-corrected chi connectivity index (χ2v) is 4.70. The Kier molecular flexibility index (Phi) is 4.68. The summed E-state index contributed by atoms with van der Waals surface area (Å²) >= 11 is 0. The average Bonchev–Trinajstić information content (AvgIpc) is 2.87. The number of nitrogens with zero attached hydrogens (tertiary/aromatic N) is 2. The van der Waals surface area contributed by atoms with E-state index in [1.54, 1.807) is 0 Å². The molecule has 1 unspecified atom stereocenters. The smallest absolute Gasteiger partial charge is 0.216 e. The van der Waals surface area contributed by atoms with Gasteiger partial charge in [-0.25, -0.2) is 9.97 Å². The van der Waals surface area contributed by atoms with Crippen molar-refractivity contribution >= 4 is 11.7 Å². The molecule has 1 aromatic heterocycles. The van der Waals surface area contributed by atoms with Gasteiger partial charge in [0.25, 0.3) is 0 Å². The highest BCUT2D eigenvalue weighted by atomic mass is 16.5. The number of rotatable bonds is 5. The summed E-state index contributed by atoms with van der Waals surface area (Å²) in [5.74, 6) is 1.91. The Morgan fingerprint density at radius 3 is 3.00 bits per heavy atom. The summed E-state index contributed by atoms with van der Waals surface area (Å²) in [6.07, 6.45) is 1.02.